The van der Waals surface area contributed by atoms with E-state index in [1.54, 1.807) is 6.92 Å². The van der Waals surface area contributed by atoms with Crippen molar-refractivity contribution in [2.24, 2.45) is 0 Å². The van der Waals surface area contributed by atoms with Gasteiger partial charge in [-0.15, -0.1) is 0 Å². The molecule has 0 amide bonds. The normalized spacial score (nSPS) is 12.3. The molecule has 0 aliphatic heterocycles. The predicted octanol–water partition coefficient (Wildman–Crippen LogP) is 2.93. The summed E-state index contributed by atoms with van der Waals surface area (Å²) in [6, 6.07) is 5.56. The van der Waals surface area contributed by atoms with E-state index >= 15 is 0 Å². The van der Waals surface area contributed by atoms with Crippen molar-refractivity contribution in [3.63, 3.8) is 0 Å². The molecule has 2 rings (SSSR count). The number of phenols is 3. The molecule has 0 aliphatic rings. The maximum atomic E-state index is 13.6. The predicted molar refractivity (Wildman–Crippen MR) is 73.0 cm³/mol. The van der Waals surface area contributed by atoms with E-state index in [4.69, 9.17) is 0 Å². The Balaban J connectivity index is 2.11. The Labute approximate surface area is 120 Å². The number of rotatable bonds is 4. The summed E-state index contributed by atoms with van der Waals surface area (Å²) in [5.74, 6) is -2.77. The fourth-order valence-electron chi connectivity index (χ4n) is 1.98. The van der Waals surface area contributed by atoms with Crippen molar-refractivity contribution in [2.45, 2.75) is 19.5 Å². The molecule has 1 unspecified atom stereocenters. The third kappa shape index (κ3) is 3.22. The molecular formula is C15H15F2NO3. The highest BCUT2D eigenvalue weighted by Gasteiger charge is 2.14. The van der Waals surface area contributed by atoms with Gasteiger partial charge >= 0.3 is 0 Å². The van der Waals surface area contributed by atoms with Gasteiger partial charge in [-0.2, -0.15) is 0 Å². The van der Waals surface area contributed by atoms with E-state index < -0.39 is 34.9 Å². The zero-order valence-corrected chi connectivity index (χ0v) is 11.3. The van der Waals surface area contributed by atoms with Crippen LogP contribution in [0.2, 0.25) is 0 Å². The Kier molecular flexibility index (Phi) is 4.28. The molecule has 0 saturated heterocycles. The molecule has 0 aliphatic carbocycles. The number of hydrogen-bond acceptors (Lipinski definition) is 4. The number of hydrogen-bond donors (Lipinski definition) is 4. The minimum absolute atomic E-state index is 0.137. The zero-order chi connectivity index (χ0) is 15.6. The summed E-state index contributed by atoms with van der Waals surface area (Å²) in [4.78, 5) is 0. The molecule has 0 heterocycles. The summed E-state index contributed by atoms with van der Waals surface area (Å²) in [5.41, 5.74) is 0.638. The standard InChI is InChI=1S/C15H15F2NO3/c1-8(11-4-3-10(16)6-12(11)17)18-7-9-2-5-13(19)15(21)14(9)20/h2-6,8,18-21H,7H2,1H3. The molecule has 112 valence electrons. The molecule has 0 fully saturated rings. The number of nitrogens with one attached hydrogen (secondary N) is 1. The van der Waals surface area contributed by atoms with Crippen LogP contribution in [0, 0.1) is 11.6 Å². The van der Waals surface area contributed by atoms with Gasteiger partial charge in [0.2, 0.25) is 5.75 Å². The van der Waals surface area contributed by atoms with Gasteiger partial charge in [0.05, 0.1) is 0 Å². The summed E-state index contributed by atoms with van der Waals surface area (Å²) < 4.78 is 26.5. The third-order valence-electron chi connectivity index (χ3n) is 3.24. The van der Waals surface area contributed by atoms with Crippen molar-refractivity contribution in [2.75, 3.05) is 0 Å². The van der Waals surface area contributed by atoms with Crippen molar-refractivity contribution in [3.8, 4) is 17.2 Å². The van der Waals surface area contributed by atoms with Gasteiger partial charge in [-0.05, 0) is 19.1 Å². The van der Waals surface area contributed by atoms with Crippen molar-refractivity contribution in [1.29, 1.82) is 0 Å². The first-order valence-electron chi connectivity index (χ1n) is 6.31. The van der Waals surface area contributed by atoms with Crippen LogP contribution in [0.15, 0.2) is 30.3 Å². The highest BCUT2D eigenvalue weighted by Crippen LogP contribution is 2.37. The van der Waals surface area contributed by atoms with Crippen LogP contribution in [0.3, 0.4) is 0 Å². The van der Waals surface area contributed by atoms with Crippen LogP contribution >= 0.6 is 0 Å². The van der Waals surface area contributed by atoms with Crippen LogP contribution in [-0.2, 0) is 6.54 Å². The second kappa shape index (κ2) is 5.97. The summed E-state index contributed by atoms with van der Waals surface area (Å²) in [7, 11) is 0. The lowest BCUT2D eigenvalue weighted by Gasteiger charge is -2.16. The van der Waals surface area contributed by atoms with Crippen molar-refractivity contribution in [3.05, 3.63) is 53.1 Å². The molecule has 1 atom stereocenters. The van der Waals surface area contributed by atoms with Gasteiger partial charge in [-0.1, -0.05) is 12.1 Å². The lowest BCUT2D eigenvalue weighted by atomic mass is 10.1. The number of aromatic hydroxyl groups is 3. The van der Waals surface area contributed by atoms with Gasteiger partial charge in [0.1, 0.15) is 11.6 Å². The second-order valence-electron chi connectivity index (χ2n) is 4.71. The van der Waals surface area contributed by atoms with Crippen molar-refractivity contribution >= 4 is 0 Å². The Morgan fingerprint density at radius 3 is 2.43 bits per heavy atom. The minimum atomic E-state index is -0.659. The first-order chi connectivity index (χ1) is 9.90. The number of halogens is 2. The van der Waals surface area contributed by atoms with Gasteiger partial charge in [-0.3, -0.25) is 0 Å². The SMILES string of the molecule is CC(NCc1ccc(O)c(O)c1O)c1ccc(F)cc1F. The topological polar surface area (TPSA) is 72.7 Å². The van der Waals surface area contributed by atoms with Crippen LogP contribution in [-0.4, -0.2) is 15.3 Å². The minimum Gasteiger partial charge on any atom is -0.504 e. The lowest BCUT2D eigenvalue weighted by molar-refractivity contribution is 0.363. The van der Waals surface area contributed by atoms with Crippen LogP contribution in [0.1, 0.15) is 24.1 Å². The van der Waals surface area contributed by atoms with Gasteiger partial charge in [0.25, 0.3) is 0 Å². The smallest absolute Gasteiger partial charge is 0.200 e. The first kappa shape index (κ1) is 15.1. The van der Waals surface area contributed by atoms with Crippen LogP contribution in [0.5, 0.6) is 17.2 Å². The Morgan fingerprint density at radius 1 is 1.05 bits per heavy atom. The summed E-state index contributed by atoms with van der Waals surface area (Å²) >= 11 is 0. The number of benzene rings is 2. The van der Waals surface area contributed by atoms with Gasteiger partial charge in [-0.25, -0.2) is 8.78 Å². The summed E-state index contributed by atoms with van der Waals surface area (Å²) in [5, 5.41) is 31.3. The van der Waals surface area contributed by atoms with Gasteiger partial charge in [0, 0.05) is 29.8 Å². The van der Waals surface area contributed by atoms with E-state index in [0.29, 0.717) is 11.1 Å². The molecule has 0 radical (unpaired) electrons. The van der Waals surface area contributed by atoms with Crippen molar-refractivity contribution < 1.29 is 24.1 Å². The second-order valence-corrected chi connectivity index (χ2v) is 4.71. The third-order valence-corrected chi connectivity index (χ3v) is 3.24. The molecular weight excluding hydrogens is 280 g/mol. The molecule has 21 heavy (non-hydrogen) atoms. The fraction of sp³-hybridized carbons (Fsp3) is 0.200. The monoisotopic (exact) mass is 295 g/mol. The molecule has 4 nitrogen and oxygen atoms in total. The average Bonchev–Trinajstić information content (AvgIpc) is 2.44. The van der Waals surface area contributed by atoms with E-state index in [1.165, 1.54) is 24.3 Å². The highest BCUT2D eigenvalue weighted by atomic mass is 19.1. The maximum absolute atomic E-state index is 13.6. The van der Waals surface area contributed by atoms with Crippen LogP contribution in [0.25, 0.3) is 0 Å². The van der Waals surface area contributed by atoms with Gasteiger partial charge < -0.3 is 20.6 Å². The quantitative estimate of drug-likeness (QED) is 0.654. The van der Waals surface area contributed by atoms with E-state index in [0.717, 1.165) is 6.07 Å². The molecule has 6 heteroatoms. The molecule has 4 N–H and O–H groups in total. The Morgan fingerprint density at radius 2 is 1.76 bits per heavy atom. The maximum Gasteiger partial charge on any atom is 0.200 e. The first-order valence-corrected chi connectivity index (χ1v) is 6.31. The zero-order valence-electron chi connectivity index (χ0n) is 11.3. The molecule has 0 bridgehead atoms. The molecule has 2 aromatic carbocycles. The number of phenolic OH excluding ortho intramolecular Hbond substituents is 3. The largest absolute Gasteiger partial charge is 0.504 e. The van der Waals surface area contributed by atoms with Crippen molar-refractivity contribution in [1.82, 2.24) is 5.32 Å². The molecule has 0 aromatic heterocycles. The summed E-state index contributed by atoms with van der Waals surface area (Å²) in [6.07, 6.45) is 0. The van der Waals surface area contributed by atoms with E-state index in [2.05, 4.69) is 5.32 Å². The van der Waals surface area contributed by atoms with Crippen LogP contribution in [0.4, 0.5) is 8.78 Å². The highest BCUT2D eigenvalue weighted by molar-refractivity contribution is 5.53. The lowest BCUT2D eigenvalue weighted by Crippen LogP contribution is -2.19. The van der Waals surface area contributed by atoms with Crippen LogP contribution < -0.4 is 5.32 Å². The van der Waals surface area contributed by atoms with Gasteiger partial charge in [0.15, 0.2) is 11.5 Å². The summed E-state index contributed by atoms with van der Waals surface area (Å²) in [6.45, 7) is 1.82. The molecule has 0 saturated carbocycles. The van der Waals surface area contributed by atoms with E-state index in [1.807, 2.05) is 0 Å². The Bertz CT molecular complexity index is 662. The molecule has 2 aromatic rings. The average molecular weight is 295 g/mol. The molecule has 0 spiro atoms. The van der Waals surface area contributed by atoms with E-state index in [-0.39, 0.29) is 6.54 Å². The fourth-order valence-corrected chi connectivity index (χ4v) is 1.98. The Hall–Kier alpha value is -2.34. The van der Waals surface area contributed by atoms with E-state index in [9.17, 15) is 24.1 Å².